The van der Waals surface area contributed by atoms with E-state index in [2.05, 4.69) is 0 Å². The molecule has 1 aromatic carbocycles. The Hall–Kier alpha value is -1.67. The number of anilines is 1. The highest BCUT2D eigenvalue weighted by Gasteiger charge is 2.54. The second-order valence-electron chi connectivity index (χ2n) is 8.18. The minimum atomic E-state index is -4.28. The van der Waals surface area contributed by atoms with Gasteiger partial charge in [-0.05, 0) is 30.5 Å². The van der Waals surface area contributed by atoms with Crippen molar-refractivity contribution in [3.05, 3.63) is 29.6 Å². The predicted molar refractivity (Wildman–Crippen MR) is 118 cm³/mol. The molecular weight excluding hydrogens is 506 g/mol. The van der Waals surface area contributed by atoms with Gasteiger partial charge in [0.15, 0.2) is 4.75 Å². The maximum Gasteiger partial charge on any atom is 0.389 e. The number of benzene rings is 1. The Morgan fingerprint density at radius 1 is 1.15 bits per heavy atom. The van der Waals surface area contributed by atoms with Crippen molar-refractivity contribution in [3.63, 3.8) is 0 Å². The quantitative estimate of drug-likeness (QED) is 0.318. The molecule has 2 heterocycles. The lowest BCUT2D eigenvalue weighted by molar-refractivity contribution is -0.135. The van der Waals surface area contributed by atoms with Gasteiger partial charge >= 0.3 is 6.18 Å². The number of nitrogens with zero attached hydrogens (tertiary/aromatic N) is 2. The Balaban J connectivity index is 0.00000408. The lowest BCUT2D eigenvalue weighted by Gasteiger charge is -2.42. The van der Waals surface area contributed by atoms with E-state index in [-0.39, 0.29) is 83.0 Å². The molecule has 8 nitrogen and oxygen atoms in total. The summed E-state index contributed by atoms with van der Waals surface area (Å²) >= 11 is 0. The molecule has 0 unspecified atom stereocenters. The fourth-order valence-corrected chi connectivity index (χ4v) is 6.35. The van der Waals surface area contributed by atoms with Crippen molar-refractivity contribution in [1.29, 1.82) is 0 Å². The van der Waals surface area contributed by atoms with Crippen molar-refractivity contribution in [1.82, 2.24) is 9.79 Å². The molecule has 0 radical (unpaired) electrons. The highest BCUT2D eigenvalue weighted by molar-refractivity contribution is 7.91. The molecule has 0 aliphatic carbocycles. The summed E-state index contributed by atoms with van der Waals surface area (Å²) in [5, 5.41) is 9.12. The lowest BCUT2D eigenvalue weighted by atomic mass is 9.98. The normalized spacial score (nSPS) is 19.4. The van der Waals surface area contributed by atoms with Gasteiger partial charge in [0, 0.05) is 64.3 Å². The van der Waals surface area contributed by atoms with E-state index < -0.39 is 39.1 Å². The van der Waals surface area contributed by atoms with Crippen LogP contribution in [0.3, 0.4) is 0 Å². The van der Waals surface area contributed by atoms with Gasteiger partial charge in [0.05, 0.1) is 0 Å². The maximum atomic E-state index is 14.4. The molecule has 34 heavy (non-hydrogen) atoms. The highest BCUT2D eigenvalue weighted by atomic mass is 35.5. The molecule has 3 rings (SSSR count). The molecule has 0 spiro atoms. The molecule has 14 heteroatoms. The number of hydrogen-bond acceptors (Lipinski definition) is 6. The van der Waals surface area contributed by atoms with Crippen LogP contribution in [0.25, 0.3) is 0 Å². The zero-order chi connectivity index (χ0) is 24.3. The topological polar surface area (TPSA) is 99.2 Å². The Kier molecular flexibility index (Phi) is 9.56. The van der Waals surface area contributed by atoms with Crippen LogP contribution in [0, 0.1) is 5.82 Å². The zero-order valence-corrected chi connectivity index (χ0v) is 19.9. The summed E-state index contributed by atoms with van der Waals surface area (Å²) in [5.74, 6) is -1.60. The summed E-state index contributed by atoms with van der Waals surface area (Å²) in [6.45, 7) is 0.721. The van der Waals surface area contributed by atoms with E-state index >= 15 is 0 Å². The van der Waals surface area contributed by atoms with Gasteiger partial charge in [-0.3, -0.25) is 10.0 Å². The van der Waals surface area contributed by atoms with Gasteiger partial charge in [-0.2, -0.15) is 17.5 Å². The van der Waals surface area contributed by atoms with E-state index in [9.17, 15) is 30.8 Å². The molecule has 1 amide bonds. The smallest absolute Gasteiger partial charge is 0.381 e. The first-order valence-corrected chi connectivity index (χ1v) is 12.1. The number of nitrogens with one attached hydrogen (secondary N) is 1. The SMILES string of the molecule is Cl.O=C(NO)C1(S(=O)(=O)N2CCN(c3ccc(CCCC(F)(F)F)c(F)c3)CC2)CCOCC1. The van der Waals surface area contributed by atoms with E-state index in [0.717, 1.165) is 0 Å². The molecule has 2 aliphatic heterocycles. The maximum absolute atomic E-state index is 14.4. The molecule has 2 aliphatic rings. The number of rotatable bonds is 7. The first kappa shape index (κ1) is 28.6. The van der Waals surface area contributed by atoms with Crippen LogP contribution >= 0.6 is 12.4 Å². The van der Waals surface area contributed by atoms with Crippen molar-refractivity contribution in [2.75, 3.05) is 44.3 Å². The molecule has 0 bridgehead atoms. The third kappa shape index (κ3) is 6.11. The Labute approximate surface area is 201 Å². The number of piperazine rings is 1. The molecule has 2 saturated heterocycles. The zero-order valence-electron chi connectivity index (χ0n) is 18.3. The number of carbonyl (C=O) groups excluding carboxylic acids is 1. The van der Waals surface area contributed by atoms with Crippen LogP contribution in [-0.4, -0.2) is 74.2 Å². The minimum absolute atomic E-state index is 0. The van der Waals surface area contributed by atoms with Crippen LogP contribution in [0.4, 0.5) is 23.2 Å². The average molecular weight is 534 g/mol. The molecule has 2 fully saturated rings. The summed E-state index contributed by atoms with van der Waals surface area (Å²) < 4.78 is 82.5. The molecule has 1 aromatic rings. The van der Waals surface area contributed by atoms with Crippen LogP contribution in [0.5, 0.6) is 0 Å². The summed E-state index contributed by atoms with van der Waals surface area (Å²) in [5.41, 5.74) is 2.17. The van der Waals surface area contributed by atoms with Gasteiger partial charge in [-0.15, -0.1) is 12.4 Å². The van der Waals surface area contributed by atoms with Crippen LogP contribution in [0.1, 0.15) is 31.2 Å². The fraction of sp³-hybridized carbons (Fsp3) is 0.650. The Morgan fingerprint density at radius 3 is 2.29 bits per heavy atom. The number of sulfonamides is 1. The fourth-order valence-electron chi connectivity index (χ4n) is 4.25. The van der Waals surface area contributed by atoms with Crippen LogP contribution in [-0.2, 0) is 26.0 Å². The number of halogens is 5. The standard InChI is InChI=1S/C20H27F4N3O5S.ClH/c21-17-14-16(4-3-15(17)2-1-5-20(22,23)24)26-8-10-27(11-9-26)33(30,31)19(18(28)25-29)6-12-32-13-7-19;/h3-4,14,29H,1-2,5-13H2,(H,25,28);1H. The summed E-state index contributed by atoms with van der Waals surface area (Å²) in [7, 11) is -4.11. The number of amides is 1. The second-order valence-corrected chi connectivity index (χ2v) is 10.4. The van der Waals surface area contributed by atoms with Crippen molar-refractivity contribution >= 4 is 34.0 Å². The number of alkyl halides is 3. The van der Waals surface area contributed by atoms with E-state index in [1.165, 1.54) is 21.9 Å². The van der Waals surface area contributed by atoms with Gasteiger partial charge in [0.2, 0.25) is 10.0 Å². The molecule has 0 atom stereocenters. The molecular formula is C20H28ClF4N3O5S. The van der Waals surface area contributed by atoms with E-state index in [1.807, 2.05) is 0 Å². The first-order valence-electron chi connectivity index (χ1n) is 10.6. The summed E-state index contributed by atoms with van der Waals surface area (Å²) in [6.07, 6.45) is -5.66. The van der Waals surface area contributed by atoms with Crippen molar-refractivity contribution in [2.45, 2.75) is 43.0 Å². The number of ether oxygens (including phenoxy) is 1. The predicted octanol–water partition coefficient (Wildman–Crippen LogP) is 2.64. The summed E-state index contributed by atoms with van der Waals surface area (Å²) in [6, 6.07) is 4.30. The van der Waals surface area contributed by atoms with Crippen molar-refractivity contribution < 1.29 is 40.7 Å². The van der Waals surface area contributed by atoms with Gasteiger partial charge in [0.25, 0.3) is 5.91 Å². The van der Waals surface area contributed by atoms with Crippen LogP contribution in [0.15, 0.2) is 18.2 Å². The lowest BCUT2D eigenvalue weighted by Crippen LogP contribution is -2.62. The monoisotopic (exact) mass is 533 g/mol. The minimum Gasteiger partial charge on any atom is -0.381 e. The number of hydrogen-bond donors (Lipinski definition) is 2. The van der Waals surface area contributed by atoms with Crippen LogP contribution in [0.2, 0.25) is 0 Å². The van der Waals surface area contributed by atoms with Gasteiger partial charge < -0.3 is 9.64 Å². The van der Waals surface area contributed by atoms with E-state index in [1.54, 1.807) is 11.0 Å². The van der Waals surface area contributed by atoms with Gasteiger partial charge in [-0.25, -0.2) is 18.3 Å². The number of aryl methyl sites for hydroxylation is 1. The van der Waals surface area contributed by atoms with Crippen molar-refractivity contribution in [2.24, 2.45) is 0 Å². The van der Waals surface area contributed by atoms with Crippen LogP contribution < -0.4 is 10.4 Å². The van der Waals surface area contributed by atoms with Gasteiger partial charge in [-0.1, -0.05) is 6.07 Å². The Morgan fingerprint density at radius 2 is 1.76 bits per heavy atom. The third-order valence-corrected chi connectivity index (χ3v) is 8.82. The molecule has 2 N–H and O–H groups in total. The average Bonchev–Trinajstić information content (AvgIpc) is 2.79. The number of carbonyl (C=O) groups is 1. The molecule has 0 aromatic heterocycles. The van der Waals surface area contributed by atoms with E-state index in [4.69, 9.17) is 9.94 Å². The van der Waals surface area contributed by atoms with Crippen molar-refractivity contribution in [3.8, 4) is 0 Å². The Bertz CT molecular complexity index is 950. The van der Waals surface area contributed by atoms with E-state index in [0.29, 0.717) is 5.69 Å². The molecule has 194 valence electrons. The second kappa shape index (κ2) is 11.4. The summed E-state index contributed by atoms with van der Waals surface area (Å²) in [4.78, 5) is 14.1. The highest BCUT2D eigenvalue weighted by Crippen LogP contribution is 2.34. The number of hydroxylamine groups is 1. The first-order chi connectivity index (χ1) is 15.5. The molecule has 0 saturated carbocycles. The van der Waals surface area contributed by atoms with Gasteiger partial charge in [0.1, 0.15) is 5.82 Å². The largest absolute Gasteiger partial charge is 0.389 e. The third-order valence-electron chi connectivity index (χ3n) is 6.20.